The van der Waals surface area contributed by atoms with Crippen molar-refractivity contribution in [1.82, 2.24) is 9.78 Å². The van der Waals surface area contributed by atoms with Gasteiger partial charge in [-0.05, 0) is 13.0 Å². The Balaban J connectivity index is 2.73. The molecule has 0 aliphatic carbocycles. The Morgan fingerprint density at radius 3 is 2.62 bits per heavy atom. The zero-order chi connectivity index (χ0) is 12.4. The van der Waals surface area contributed by atoms with Crippen LogP contribution >= 0.6 is 0 Å². The van der Waals surface area contributed by atoms with Crippen LogP contribution in [-0.4, -0.2) is 23.7 Å². The predicted octanol–water partition coefficient (Wildman–Crippen LogP) is 1.27. The summed E-state index contributed by atoms with van der Waals surface area (Å²) in [6, 6.07) is 1.38. The molecule has 9 heteroatoms. The van der Waals surface area contributed by atoms with Crippen LogP contribution in [-0.2, 0) is 27.5 Å². The van der Waals surface area contributed by atoms with Crippen molar-refractivity contribution >= 4 is 10.1 Å². The van der Waals surface area contributed by atoms with E-state index in [2.05, 4.69) is 9.28 Å². The SMILES string of the molecule is CCn1nccc1COS(=O)(=O)C(F)(F)F. The van der Waals surface area contributed by atoms with Crippen molar-refractivity contribution < 1.29 is 25.8 Å². The minimum atomic E-state index is -5.54. The van der Waals surface area contributed by atoms with E-state index >= 15 is 0 Å². The highest BCUT2D eigenvalue weighted by Crippen LogP contribution is 2.25. The highest BCUT2D eigenvalue weighted by Gasteiger charge is 2.47. The smallest absolute Gasteiger partial charge is 0.267 e. The van der Waals surface area contributed by atoms with Crippen molar-refractivity contribution in [2.24, 2.45) is 0 Å². The van der Waals surface area contributed by atoms with E-state index in [1.165, 1.54) is 16.9 Å². The fourth-order valence-electron chi connectivity index (χ4n) is 0.972. The molecule has 0 fully saturated rings. The van der Waals surface area contributed by atoms with E-state index in [1.54, 1.807) is 6.92 Å². The summed E-state index contributed by atoms with van der Waals surface area (Å²) in [5.74, 6) is 0. The van der Waals surface area contributed by atoms with E-state index in [-0.39, 0.29) is 5.69 Å². The van der Waals surface area contributed by atoms with Crippen molar-refractivity contribution in [2.75, 3.05) is 0 Å². The molecule has 0 saturated carbocycles. The van der Waals surface area contributed by atoms with E-state index in [4.69, 9.17) is 0 Å². The number of nitrogens with zero attached hydrogens (tertiary/aromatic N) is 2. The van der Waals surface area contributed by atoms with E-state index < -0.39 is 22.2 Å². The van der Waals surface area contributed by atoms with Crippen molar-refractivity contribution in [3.63, 3.8) is 0 Å². The van der Waals surface area contributed by atoms with Gasteiger partial charge in [-0.3, -0.25) is 8.86 Å². The molecule has 0 atom stereocenters. The molecule has 5 nitrogen and oxygen atoms in total. The Morgan fingerprint density at radius 1 is 1.50 bits per heavy atom. The first kappa shape index (κ1) is 13.0. The lowest BCUT2D eigenvalue weighted by atomic mass is 10.4. The Hall–Kier alpha value is -1.09. The van der Waals surface area contributed by atoms with Gasteiger partial charge in [0.05, 0.1) is 5.69 Å². The average molecular weight is 258 g/mol. The minimum absolute atomic E-state index is 0.260. The van der Waals surface area contributed by atoms with Crippen LogP contribution in [0.25, 0.3) is 0 Å². The van der Waals surface area contributed by atoms with Crippen LogP contribution in [0, 0.1) is 0 Å². The highest BCUT2D eigenvalue weighted by atomic mass is 32.2. The van der Waals surface area contributed by atoms with Crippen molar-refractivity contribution in [1.29, 1.82) is 0 Å². The Kier molecular flexibility index (Phi) is 3.58. The van der Waals surface area contributed by atoms with Gasteiger partial charge in [-0.2, -0.15) is 26.7 Å². The van der Waals surface area contributed by atoms with Gasteiger partial charge in [-0.15, -0.1) is 0 Å². The zero-order valence-corrected chi connectivity index (χ0v) is 9.05. The van der Waals surface area contributed by atoms with Crippen LogP contribution in [0.5, 0.6) is 0 Å². The number of halogens is 3. The fourth-order valence-corrected chi connectivity index (χ4v) is 1.38. The van der Waals surface area contributed by atoms with Crippen molar-refractivity contribution in [3.05, 3.63) is 18.0 Å². The monoisotopic (exact) mass is 258 g/mol. The topological polar surface area (TPSA) is 61.2 Å². The lowest BCUT2D eigenvalue weighted by Gasteiger charge is -2.08. The Bertz CT molecular complexity index is 452. The first-order valence-electron chi connectivity index (χ1n) is 4.24. The molecule has 1 aromatic heterocycles. The largest absolute Gasteiger partial charge is 0.523 e. The van der Waals surface area contributed by atoms with Crippen LogP contribution in [0.4, 0.5) is 13.2 Å². The van der Waals surface area contributed by atoms with Gasteiger partial charge < -0.3 is 0 Å². The minimum Gasteiger partial charge on any atom is -0.267 e. The molecule has 0 bridgehead atoms. The van der Waals surface area contributed by atoms with Crippen LogP contribution in [0.2, 0.25) is 0 Å². The number of hydrogen-bond acceptors (Lipinski definition) is 4. The van der Waals surface area contributed by atoms with Gasteiger partial charge in [-0.1, -0.05) is 0 Å². The molecule has 0 radical (unpaired) electrons. The summed E-state index contributed by atoms with van der Waals surface area (Å²) in [7, 11) is -5.54. The van der Waals surface area contributed by atoms with Crippen molar-refractivity contribution in [2.45, 2.75) is 25.6 Å². The summed E-state index contributed by atoms with van der Waals surface area (Å²) in [6.07, 6.45) is 1.35. The van der Waals surface area contributed by atoms with E-state index in [0.717, 1.165) is 0 Å². The normalized spacial score (nSPS) is 13.0. The van der Waals surface area contributed by atoms with Crippen LogP contribution in [0.3, 0.4) is 0 Å². The summed E-state index contributed by atoms with van der Waals surface area (Å²) in [4.78, 5) is 0. The average Bonchev–Trinajstić information content (AvgIpc) is 2.60. The maximum atomic E-state index is 11.9. The first-order chi connectivity index (χ1) is 7.28. The molecule has 0 amide bonds. The van der Waals surface area contributed by atoms with Gasteiger partial charge in [0.1, 0.15) is 6.61 Å². The molecule has 0 unspecified atom stereocenters. The molecule has 0 N–H and O–H groups in total. The molecule has 1 heterocycles. The summed E-state index contributed by atoms with van der Waals surface area (Å²) in [5.41, 5.74) is -5.14. The summed E-state index contributed by atoms with van der Waals surface area (Å²) < 4.78 is 62.1. The third-order valence-electron chi connectivity index (χ3n) is 1.75. The number of alkyl halides is 3. The number of aromatic nitrogens is 2. The second-order valence-electron chi connectivity index (χ2n) is 2.80. The number of aryl methyl sites for hydroxylation is 1. The molecule has 0 aliphatic rings. The molecular formula is C7H9F3N2O3S. The van der Waals surface area contributed by atoms with Gasteiger partial charge in [0, 0.05) is 12.7 Å². The summed E-state index contributed by atoms with van der Waals surface area (Å²) in [6.45, 7) is 1.45. The molecule has 16 heavy (non-hydrogen) atoms. The van der Waals surface area contributed by atoms with Crippen LogP contribution in [0.1, 0.15) is 12.6 Å². The van der Waals surface area contributed by atoms with E-state index in [9.17, 15) is 21.6 Å². The molecule has 0 saturated heterocycles. The van der Waals surface area contributed by atoms with Gasteiger partial charge in [0.15, 0.2) is 0 Å². The van der Waals surface area contributed by atoms with E-state index in [1.807, 2.05) is 0 Å². The lowest BCUT2D eigenvalue weighted by Crippen LogP contribution is -2.25. The second kappa shape index (κ2) is 4.42. The quantitative estimate of drug-likeness (QED) is 0.602. The van der Waals surface area contributed by atoms with Crippen LogP contribution < -0.4 is 0 Å². The lowest BCUT2D eigenvalue weighted by molar-refractivity contribution is -0.0549. The standard InChI is InChI=1S/C7H9F3N2O3S/c1-2-12-6(3-4-11-12)5-15-16(13,14)7(8,9)10/h3-4H,2,5H2,1H3. The van der Waals surface area contributed by atoms with Gasteiger partial charge in [-0.25, -0.2) is 0 Å². The molecule has 92 valence electrons. The molecule has 1 aromatic rings. The molecule has 0 aromatic carbocycles. The van der Waals surface area contributed by atoms with Gasteiger partial charge >= 0.3 is 15.6 Å². The molecular weight excluding hydrogens is 249 g/mol. The van der Waals surface area contributed by atoms with Gasteiger partial charge in [0.25, 0.3) is 0 Å². The first-order valence-corrected chi connectivity index (χ1v) is 5.65. The Morgan fingerprint density at radius 2 is 2.12 bits per heavy atom. The third-order valence-corrected chi connectivity index (χ3v) is 2.74. The predicted molar refractivity (Wildman–Crippen MR) is 47.7 cm³/mol. The fraction of sp³-hybridized carbons (Fsp3) is 0.571. The molecule has 1 rings (SSSR count). The summed E-state index contributed by atoms with van der Waals surface area (Å²) in [5, 5.41) is 3.76. The summed E-state index contributed by atoms with van der Waals surface area (Å²) >= 11 is 0. The highest BCUT2D eigenvalue weighted by molar-refractivity contribution is 7.87. The number of hydrogen-bond donors (Lipinski definition) is 0. The molecule has 0 aliphatic heterocycles. The Labute approximate surface area is 89.9 Å². The van der Waals surface area contributed by atoms with Crippen LogP contribution in [0.15, 0.2) is 12.3 Å². The maximum Gasteiger partial charge on any atom is 0.523 e. The molecule has 0 spiro atoms. The number of rotatable bonds is 4. The second-order valence-corrected chi connectivity index (χ2v) is 4.41. The van der Waals surface area contributed by atoms with E-state index in [0.29, 0.717) is 6.54 Å². The maximum absolute atomic E-state index is 11.9. The third kappa shape index (κ3) is 2.73. The zero-order valence-electron chi connectivity index (χ0n) is 8.23. The van der Waals surface area contributed by atoms with Gasteiger partial charge in [0.2, 0.25) is 0 Å². The van der Waals surface area contributed by atoms with Crippen molar-refractivity contribution in [3.8, 4) is 0 Å².